The molecule has 266 valence electrons. The Morgan fingerprint density at radius 3 is 1.51 bits per heavy atom. The third-order valence-corrected chi connectivity index (χ3v) is 10.4. The van der Waals surface area contributed by atoms with Crippen LogP contribution in [0.25, 0.3) is 101 Å². The highest BCUT2D eigenvalue weighted by atomic mass is 16.3. The smallest absolute Gasteiger partial charge is 0.164 e. The Morgan fingerprint density at radius 2 is 0.825 bits per heavy atom. The molecule has 8 aromatic carbocycles. The minimum absolute atomic E-state index is 0.553. The van der Waals surface area contributed by atoms with Gasteiger partial charge in [-0.15, -0.1) is 0 Å². The van der Waals surface area contributed by atoms with Crippen LogP contribution < -0.4 is 0 Å². The van der Waals surface area contributed by atoms with Gasteiger partial charge in [0, 0.05) is 27.5 Å². The van der Waals surface area contributed by atoms with Crippen molar-refractivity contribution in [1.29, 1.82) is 5.26 Å². The Hall–Kier alpha value is -7.94. The van der Waals surface area contributed by atoms with Gasteiger partial charge in [0.05, 0.1) is 11.6 Å². The molecule has 10 rings (SSSR count). The van der Waals surface area contributed by atoms with Crippen LogP contribution in [0.3, 0.4) is 0 Å². The summed E-state index contributed by atoms with van der Waals surface area (Å²) in [5, 5.41) is 11.5. The number of furan rings is 1. The molecular formula is C52H32N4O. The Morgan fingerprint density at radius 1 is 0.351 bits per heavy atom. The Labute approximate surface area is 329 Å². The molecule has 0 fully saturated rings. The number of aromatic nitrogens is 3. The lowest BCUT2D eigenvalue weighted by Gasteiger charge is -2.10. The molecule has 0 amide bonds. The number of nitriles is 1. The summed E-state index contributed by atoms with van der Waals surface area (Å²) in [6, 6.07) is 68.3. The van der Waals surface area contributed by atoms with E-state index in [2.05, 4.69) is 103 Å². The van der Waals surface area contributed by atoms with Gasteiger partial charge in [0.2, 0.25) is 0 Å². The molecule has 2 aromatic heterocycles. The van der Waals surface area contributed by atoms with Gasteiger partial charge in [-0.2, -0.15) is 5.26 Å². The van der Waals surface area contributed by atoms with Crippen molar-refractivity contribution >= 4 is 21.9 Å². The lowest BCUT2D eigenvalue weighted by atomic mass is 9.94. The molecule has 0 atom stereocenters. The molecule has 0 N–H and O–H groups in total. The highest BCUT2D eigenvalue weighted by Crippen LogP contribution is 2.39. The standard InChI is InChI=1S/C52H32N4O/c53-33-34-11-7-16-39(29-34)36-23-25-38(26-24-36)51-54-50(37-14-5-2-6-15-37)55-52(56-51)44-27-28-46-48(32-44)57-47-22-10-21-45(49(46)47)43-20-9-19-42(31-43)41-18-8-17-40(30-41)35-12-3-1-4-13-35/h1-32H. The zero-order valence-corrected chi connectivity index (χ0v) is 30.7. The lowest BCUT2D eigenvalue weighted by Crippen LogP contribution is -2.00. The van der Waals surface area contributed by atoms with Crippen LogP contribution in [0.2, 0.25) is 0 Å². The fourth-order valence-electron chi connectivity index (χ4n) is 7.51. The minimum Gasteiger partial charge on any atom is -0.456 e. The highest BCUT2D eigenvalue weighted by molar-refractivity contribution is 6.13. The third kappa shape index (κ3) is 6.52. The summed E-state index contributed by atoms with van der Waals surface area (Å²) in [4.78, 5) is 14.9. The van der Waals surface area contributed by atoms with Gasteiger partial charge in [0.1, 0.15) is 11.2 Å². The Balaban J connectivity index is 1.03. The molecule has 0 aliphatic rings. The second-order valence-corrected chi connectivity index (χ2v) is 14.0. The van der Waals surface area contributed by atoms with Crippen LogP contribution in [0.4, 0.5) is 0 Å². The normalized spacial score (nSPS) is 11.1. The topological polar surface area (TPSA) is 75.6 Å². The molecule has 0 unspecified atom stereocenters. The Bertz CT molecular complexity index is 3130. The van der Waals surface area contributed by atoms with E-state index in [9.17, 15) is 5.26 Å². The largest absolute Gasteiger partial charge is 0.456 e. The van der Waals surface area contributed by atoms with E-state index in [1.165, 1.54) is 16.7 Å². The number of nitrogens with zero attached hydrogens (tertiary/aromatic N) is 4. The van der Waals surface area contributed by atoms with Gasteiger partial charge in [-0.25, -0.2) is 15.0 Å². The third-order valence-electron chi connectivity index (χ3n) is 10.4. The maximum atomic E-state index is 9.40. The van der Waals surface area contributed by atoms with Crippen LogP contribution in [-0.4, -0.2) is 15.0 Å². The molecule has 2 heterocycles. The molecule has 0 aliphatic heterocycles. The summed E-state index contributed by atoms with van der Waals surface area (Å²) in [7, 11) is 0. The molecule has 0 bridgehead atoms. The minimum atomic E-state index is 0.553. The monoisotopic (exact) mass is 728 g/mol. The molecule has 5 nitrogen and oxygen atoms in total. The van der Waals surface area contributed by atoms with Gasteiger partial charge in [0.15, 0.2) is 17.5 Å². The molecule has 0 aliphatic carbocycles. The fourth-order valence-corrected chi connectivity index (χ4v) is 7.51. The predicted molar refractivity (Wildman–Crippen MR) is 230 cm³/mol. The molecule has 0 radical (unpaired) electrons. The van der Waals surface area contributed by atoms with Crippen molar-refractivity contribution in [2.45, 2.75) is 0 Å². The van der Waals surface area contributed by atoms with Crippen molar-refractivity contribution in [3.05, 3.63) is 200 Å². The summed E-state index contributed by atoms with van der Waals surface area (Å²) in [6.07, 6.45) is 0. The van der Waals surface area contributed by atoms with Gasteiger partial charge < -0.3 is 4.42 Å². The molecule has 0 spiro atoms. The quantitative estimate of drug-likeness (QED) is 0.163. The van der Waals surface area contributed by atoms with E-state index in [4.69, 9.17) is 19.4 Å². The van der Waals surface area contributed by atoms with Crippen molar-refractivity contribution < 1.29 is 4.42 Å². The summed E-state index contributed by atoms with van der Waals surface area (Å²) in [5.41, 5.74) is 13.7. The second kappa shape index (κ2) is 14.4. The summed E-state index contributed by atoms with van der Waals surface area (Å²) in [5.74, 6) is 1.71. The van der Waals surface area contributed by atoms with Crippen LogP contribution >= 0.6 is 0 Å². The van der Waals surface area contributed by atoms with E-state index in [1.807, 2.05) is 97.1 Å². The maximum Gasteiger partial charge on any atom is 0.164 e. The molecule has 0 saturated carbocycles. The zero-order chi connectivity index (χ0) is 38.1. The Kier molecular flexibility index (Phi) is 8.48. The van der Waals surface area contributed by atoms with Crippen LogP contribution in [0.5, 0.6) is 0 Å². The number of benzene rings is 8. The van der Waals surface area contributed by atoms with Gasteiger partial charge >= 0.3 is 0 Å². The number of fused-ring (bicyclic) bond motifs is 3. The van der Waals surface area contributed by atoms with Crippen molar-refractivity contribution in [3.63, 3.8) is 0 Å². The highest BCUT2D eigenvalue weighted by Gasteiger charge is 2.17. The van der Waals surface area contributed by atoms with Crippen LogP contribution in [0, 0.1) is 11.3 Å². The molecule has 0 saturated heterocycles. The zero-order valence-electron chi connectivity index (χ0n) is 30.7. The van der Waals surface area contributed by atoms with E-state index >= 15 is 0 Å². The van der Waals surface area contributed by atoms with Gasteiger partial charge in [-0.05, 0) is 87.0 Å². The summed E-state index contributed by atoms with van der Waals surface area (Å²) >= 11 is 0. The van der Waals surface area contributed by atoms with Crippen molar-refractivity contribution in [3.8, 4) is 84.7 Å². The summed E-state index contributed by atoms with van der Waals surface area (Å²) < 4.78 is 6.57. The molecular weight excluding hydrogens is 697 g/mol. The SMILES string of the molecule is N#Cc1cccc(-c2ccc(-c3nc(-c4ccccc4)nc(-c4ccc5c(c4)oc4cccc(-c6cccc(-c7cccc(-c8ccccc8)c7)c6)c45)n3)cc2)c1. The lowest BCUT2D eigenvalue weighted by molar-refractivity contribution is 0.669. The average Bonchev–Trinajstić information content (AvgIpc) is 3.68. The molecule has 57 heavy (non-hydrogen) atoms. The maximum absolute atomic E-state index is 9.40. The molecule has 10 aromatic rings. The van der Waals surface area contributed by atoms with E-state index in [0.29, 0.717) is 23.0 Å². The second-order valence-electron chi connectivity index (χ2n) is 14.0. The predicted octanol–water partition coefficient (Wildman–Crippen LogP) is 13.3. The van der Waals surface area contributed by atoms with Gasteiger partial charge in [-0.3, -0.25) is 0 Å². The number of hydrogen-bond acceptors (Lipinski definition) is 5. The van der Waals surface area contributed by atoms with Crippen molar-refractivity contribution in [2.75, 3.05) is 0 Å². The van der Waals surface area contributed by atoms with Crippen molar-refractivity contribution in [1.82, 2.24) is 15.0 Å². The van der Waals surface area contributed by atoms with E-state index < -0.39 is 0 Å². The summed E-state index contributed by atoms with van der Waals surface area (Å²) in [6.45, 7) is 0. The number of hydrogen-bond donors (Lipinski definition) is 0. The van der Waals surface area contributed by atoms with Crippen LogP contribution in [-0.2, 0) is 0 Å². The van der Waals surface area contributed by atoms with E-state index in [-0.39, 0.29) is 0 Å². The van der Waals surface area contributed by atoms with Crippen LogP contribution in [0.15, 0.2) is 199 Å². The average molecular weight is 729 g/mol. The van der Waals surface area contributed by atoms with Gasteiger partial charge in [-0.1, -0.05) is 152 Å². The van der Waals surface area contributed by atoms with Gasteiger partial charge in [0.25, 0.3) is 0 Å². The first-order valence-electron chi connectivity index (χ1n) is 18.8. The first-order chi connectivity index (χ1) is 28.2. The van der Waals surface area contributed by atoms with Crippen molar-refractivity contribution in [2.24, 2.45) is 0 Å². The first-order valence-corrected chi connectivity index (χ1v) is 18.8. The first kappa shape index (κ1) is 33.6. The van der Waals surface area contributed by atoms with E-state index in [1.54, 1.807) is 0 Å². The number of rotatable bonds is 7. The fraction of sp³-hybridized carbons (Fsp3) is 0. The molecule has 5 heteroatoms. The van der Waals surface area contributed by atoms with E-state index in [0.717, 1.165) is 66.4 Å². The van der Waals surface area contributed by atoms with Crippen LogP contribution in [0.1, 0.15) is 5.56 Å².